The summed E-state index contributed by atoms with van der Waals surface area (Å²) in [5.41, 5.74) is 2.69. The van der Waals surface area contributed by atoms with Gasteiger partial charge in [-0.2, -0.15) is 5.26 Å². The van der Waals surface area contributed by atoms with Gasteiger partial charge < -0.3 is 0 Å². The average molecular weight is 317 g/mol. The second-order valence-corrected chi connectivity index (χ2v) is 5.12. The summed E-state index contributed by atoms with van der Waals surface area (Å²) in [5, 5.41) is 28.3. The van der Waals surface area contributed by atoms with Gasteiger partial charge in [0, 0.05) is 23.3 Å². The molecule has 0 atom stereocenters. The van der Waals surface area contributed by atoms with Crippen LogP contribution in [0, 0.1) is 28.4 Å². The third kappa shape index (κ3) is 2.94. The molecule has 7 heteroatoms. The molecule has 1 aromatic heterocycles. The lowest BCUT2D eigenvalue weighted by Gasteiger charge is -2.05. The molecule has 0 aliphatic rings. The summed E-state index contributed by atoms with van der Waals surface area (Å²) in [5.74, 6) is 0.172. The number of nitro groups is 1. The Labute approximate surface area is 137 Å². The van der Waals surface area contributed by atoms with E-state index in [9.17, 15) is 15.4 Å². The van der Waals surface area contributed by atoms with E-state index in [0.29, 0.717) is 11.3 Å². The molecule has 0 aliphatic heterocycles. The van der Waals surface area contributed by atoms with E-state index in [2.05, 4.69) is 15.2 Å². The number of nitriles is 1. The van der Waals surface area contributed by atoms with Gasteiger partial charge in [0.15, 0.2) is 11.5 Å². The monoisotopic (exact) mass is 317 g/mol. The molecule has 0 aliphatic carbocycles. The van der Waals surface area contributed by atoms with E-state index in [1.54, 1.807) is 6.07 Å². The van der Waals surface area contributed by atoms with Crippen molar-refractivity contribution >= 4 is 5.69 Å². The molecule has 0 spiro atoms. The van der Waals surface area contributed by atoms with Crippen molar-refractivity contribution in [3.63, 3.8) is 0 Å². The van der Waals surface area contributed by atoms with Crippen LogP contribution in [0.15, 0.2) is 48.5 Å². The van der Waals surface area contributed by atoms with Crippen molar-refractivity contribution in [3.8, 4) is 28.7 Å². The Morgan fingerprint density at radius 2 is 1.83 bits per heavy atom. The summed E-state index contributed by atoms with van der Waals surface area (Å²) in [6.07, 6.45) is 0. The molecule has 0 saturated carbocycles. The van der Waals surface area contributed by atoms with Crippen LogP contribution in [0.4, 0.5) is 5.69 Å². The predicted molar refractivity (Wildman–Crippen MR) is 86.8 cm³/mol. The molecule has 3 aromatic rings. The van der Waals surface area contributed by atoms with Crippen molar-refractivity contribution in [1.82, 2.24) is 15.2 Å². The lowest BCUT2D eigenvalue weighted by atomic mass is 10.1. The van der Waals surface area contributed by atoms with E-state index in [4.69, 9.17) is 0 Å². The van der Waals surface area contributed by atoms with Gasteiger partial charge in [0.05, 0.1) is 4.92 Å². The number of hydrogen-bond acceptors (Lipinski definition) is 6. The molecule has 0 saturated heterocycles. The number of rotatable bonds is 3. The fraction of sp³-hybridized carbons (Fsp3) is 0.0588. The Morgan fingerprint density at radius 1 is 1.08 bits per heavy atom. The minimum Gasteiger partial charge on any atom is -0.258 e. The maximum absolute atomic E-state index is 10.9. The van der Waals surface area contributed by atoms with Gasteiger partial charge in [-0.25, -0.2) is 4.98 Å². The largest absolute Gasteiger partial charge is 0.270 e. The number of aryl methyl sites for hydroxylation is 1. The predicted octanol–water partition coefficient (Wildman–Crippen LogP) is 3.29. The smallest absolute Gasteiger partial charge is 0.258 e. The fourth-order valence-corrected chi connectivity index (χ4v) is 2.19. The first kappa shape index (κ1) is 15.2. The maximum Gasteiger partial charge on any atom is 0.270 e. The topological polar surface area (TPSA) is 106 Å². The second-order valence-electron chi connectivity index (χ2n) is 5.12. The van der Waals surface area contributed by atoms with E-state index in [0.717, 1.165) is 11.1 Å². The zero-order chi connectivity index (χ0) is 17.1. The quantitative estimate of drug-likeness (QED) is 0.542. The highest BCUT2D eigenvalue weighted by atomic mass is 16.6. The Bertz CT molecular complexity index is 961. The van der Waals surface area contributed by atoms with Gasteiger partial charge >= 0.3 is 0 Å². The van der Waals surface area contributed by atoms with Gasteiger partial charge in [-0.1, -0.05) is 42.0 Å². The van der Waals surface area contributed by atoms with Crippen LogP contribution in [-0.2, 0) is 0 Å². The second kappa shape index (κ2) is 6.22. The minimum absolute atomic E-state index is 0.0720. The number of benzene rings is 2. The zero-order valence-electron chi connectivity index (χ0n) is 12.7. The molecule has 0 N–H and O–H groups in total. The van der Waals surface area contributed by atoms with Crippen molar-refractivity contribution in [2.24, 2.45) is 0 Å². The summed E-state index contributed by atoms with van der Waals surface area (Å²) >= 11 is 0. The van der Waals surface area contributed by atoms with Crippen molar-refractivity contribution in [2.75, 3.05) is 0 Å². The number of nitrogens with zero attached hydrogens (tertiary/aromatic N) is 5. The van der Waals surface area contributed by atoms with E-state index in [1.165, 1.54) is 18.2 Å². The van der Waals surface area contributed by atoms with Gasteiger partial charge in [-0.05, 0) is 6.92 Å². The van der Waals surface area contributed by atoms with Gasteiger partial charge in [0.1, 0.15) is 11.8 Å². The van der Waals surface area contributed by atoms with Crippen LogP contribution in [0.5, 0.6) is 0 Å². The first-order chi connectivity index (χ1) is 11.6. The van der Waals surface area contributed by atoms with E-state index >= 15 is 0 Å². The van der Waals surface area contributed by atoms with Crippen LogP contribution in [0.2, 0.25) is 0 Å². The summed E-state index contributed by atoms with van der Waals surface area (Å²) in [6, 6.07) is 15.4. The minimum atomic E-state index is -0.497. The summed E-state index contributed by atoms with van der Waals surface area (Å²) in [4.78, 5) is 14.6. The van der Waals surface area contributed by atoms with Gasteiger partial charge in [0.25, 0.3) is 5.69 Å². The van der Waals surface area contributed by atoms with Crippen LogP contribution in [0.25, 0.3) is 22.6 Å². The molecule has 0 amide bonds. The maximum atomic E-state index is 10.9. The molecule has 116 valence electrons. The first-order valence-electron chi connectivity index (χ1n) is 7.05. The van der Waals surface area contributed by atoms with Gasteiger partial charge in [-0.15, -0.1) is 10.2 Å². The van der Waals surface area contributed by atoms with Crippen LogP contribution >= 0.6 is 0 Å². The standard InChI is InChI=1S/C17H11N5O2/c1-11-5-7-12(8-6-11)16-15(10-18)19-17(21-20-16)13-3-2-4-14(9-13)22(23)24/h2-9H,1H3. The van der Waals surface area contributed by atoms with E-state index in [-0.39, 0.29) is 17.2 Å². The van der Waals surface area contributed by atoms with Crippen molar-refractivity contribution < 1.29 is 4.92 Å². The molecular weight excluding hydrogens is 306 g/mol. The fourth-order valence-electron chi connectivity index (χ4n) is 2.19. The van der Waals surface area contributed by atoms with Crippen molar-refractivity contribution in [2.45, 2.75) is 6.92 Å². The molecule has 2 aromatic carbocycles. The Balaban J connectivity index is 2.07. The Morgan fingerprint density at radius 3 is 2.50 bits per heavy atom. The molecular formula is C17H11N5O2. The van der Waals surface area contributed by atoms with Crippen LogP contribution in [-0.4, -0.2) is 20.1 Å². The van der Waals surface area contributed by atoms with Gasteiger partial charge in [0.2, 0.25) is 0 Å². The van der Waals surface area contributed by atoms with Crippen LogP contribution in [0.3, 0.4) is 0 Å². The highest BCUT2D eigenvalue weighted by Gasteiger charge is 2.14. The van der Waals surface area contributed by atoms with E-state index < -0.39 is 4.92 Å². The highest BCUT2D eigenvalue weighted by molar-refractivity contribution is 5.66. The van der Waals surface area contributed by atoms with Crippen molar-refractivity contribution in [1.29, 1.82) is 5.26 Å². The third-order valence-corrected chi connectivity index (χ3v) is 3.43. The molecule has 24 heavy (non-hydrogen) atoms. The molecule has 7 nitrogen and oxygen atoms in total. The molecule has 0 unspecified atom stereocenters. The molecule has 1 heterocycles. The lowest BCUT2D eigenvalue weighted by Crippen LogP contribution is -2.00. The number of hydrogen-bond donors (Lipinski definition) is 0. The SMILES string of the molecule is Cc1ccc(-c2nnc(-c3cccc([N+](=O)[O-])c3)nc2C#N)cc1. The number of non-ortho nitro benzene ring substituents is 1. The van der Waals surface area contributed by atoms with Crippen LogP contribution in [0.1, 0.15) is 11.3 Å². The molecule has 0 bridgehead atoms. The number of aromatic nitrogens is 3. The van der Waals surface area contributed by atoms with Crippen molar-refractivity contribution in [3.05, 3.63) is 69.9 Å². The molecule has 0 radical (unpaired) electrons. The zero-order valence-corrected chi connectivity index (χ0v) is 12.7. The summed E-state index contributed by atoms with van der Waals surface area (Å²) in [6.45, 7) is 1.96. The normalized spacial score (nSPS) is 10.2. The number of nitro benzene ring substituents is 1. The molecule has 0 fully saturated rings. The summed E-state index contributed by atoms with van der Waals surface area (Å²) < 4.78 is 0. The Kier molecular flexibility index (Phi) is 3.95. The average Bonchev–Trinajstić information content (AvgIpc) is 2.62. The lowest BCUT2D eigenvalue weighted by molar-refractivity contribution is -0.384. The summed E-state index contributed by atoms with van der Waals surface area (Å²) in [7, 11) is 0. The third-order valence-electron chi connectivity index (χ3n) is 3.43. The Hall–Kier alpha value is -3.66. The molecule has 3 rings (SSSR count). The van der Waals surface area contributed by atoms with E-state index in [1.807, 2.05) is 37.3 Å². The first-order valence-corrected chi connectivity index (χ1v) is 7.05. The van der Waals surface area contributed by atoms with Crippen LogP contribution < -0.4 is 0 Å². The van der Waals surface area contributed by atoms with Gasteiger partial charge in [-0.3, -0.25) is 10.1 Å². The highest BCUT2D eigenvalue weighted by Crippen LogP contribution is 2.24.